The summed E-state index contributed by atoms with van der Waals surface area (Å²) in [5, 5.41) is 11.3. The van der Waals surface area contributed by atoms with E-state index < -0.39 is 7.14 Å². The minimum atomic E-state index is -2.97. The summed E-state index contributed by atoms with van der Waals surface area (Å²) in [5.41, 5.74) is 2.78. The Morgan fingerprint density at radius 3 is 1.80 bits per heavy atom. The highest BCUT2D eigenvalue weighted by molar-refractivity contribution is 7.82. The Labute approximate surface area is 119 Å². The van der Waals surface area contributed by atoms with Crippen molar-refractivity contribution >= 4 is 17.8 Å². The molecule has 0 aliphatic carbocycles. The predicted molar refractivity (Wildman–Crippen MR) is 84.1 cm³/mol. The van der Waals surface area contributed by atoms with E-state index in [9.17, 15) is 9.67 Å². The predicted octanol–water partition coefficient (Wildman–Crippen LogP) is 3.05. The molecule has 2 aromatic rings. The van der Waals surface area contributed by atoms with Gasteiger partial charge in [0, 0.05) is 29.0 Å². The summed E-state index contributed by atoms with van der Waals surface area (Å²) in [6.45, 7) is 3.58. The SMILES string of the molecule is C=C=C(CCO)P(=O)(c1ccccc1)c1ccccc1. The van der Waals surface area contributed by atoms with Crippen molar-refractivity contribution in [3.63, 3.8) is 0 Å². The standard InChI is InChI=1S/C17H17O2P/c1-2-15(13-14-18)20(19,16-9-5-3-6-10-16)17-11-7-4-8-12-17/h3-12,18H,1,13-14H2. The highest BCUT2D eigenvalue weighted by Gasteiger charge is 2.31. The average molecular weight is 284 g/mol. The molecule has 0 radical (unpaired) electrons. The van der Waals surface area contributed by atoms with Crippen LogP contribution in [0.2, 0.25) is 0 Å². The van der Waals surface area contributed by atoms with Crippen LogP contribution in [0.25, 0.3) is 0 Å². The third-order valence-corrected chi connectivity index (χ3v) is 6.37. The Hall–Kier alpha value is -1.85. The molecule has 1 N–H and O–H groups in total. The molecule has 20 heavy (non-hydrogen) atoms. The maximum atomic E-state index is 13.7. The van der Waals surface area contributed by atoms with Crippen LogP contribution in [0.15, 0.2) is 78.3 Å². The van der Waals surface area contributed by atoms with Crippen molar-refractivity contribution in [1.82, 2.24) is 0 Å². The van der Waals surface area contributed by atoms with Gasteiger partial charge in [-0.15, -0.1) is 5.73 Å². The molecule has 2 rings (SSSR count). The molecule has 0 heterocycles. The van der Waals surface area contributed by atoms with Gasteiger partial charge in [0.2, 0.25) is 0 Å². The lowest BCUT2D eigenvalue weighted by Gasteiger charge is -2.20. The van der Waals surface area contributed by atoms with Crippen molar-refractivity contribution in [3.8, 4) is 0 Å². The molecule has 102 valence electrons. The van der Waals surface area contributed by atoms with Gasteiger partial charge in [-0.2, -0.15) is 0 Å². The summed E-state index contributed by atoms with van der Waals surface area (Å²) < 4.78 is 13.7. The first-order valence-electron chi connectivity index (χ1n) is 6.45. The monoisotopic (exact) mass is 284 g/mol. The van der Waals surface area contributed by atoms with E-state index in [0.29, 0.717) is 11.7 Å². The van der Waals surface area contributed by atoms with E-state index in [1.807, 2.05) is 60.7 Å². The fraction of sp³-hybridized carbons (Fsp3) is 0.118. The summed E-state index contributed by atoms with van der Waals surface area (Å²) in [7, 11) is -2.97. The molecular formula is C17H17O2P. The number of rotatable bonds is 5. The van der Waals surface area contributed by atoms with Crippen molar-refractivity contribution < 1.29 is 9.67 Å². The summed E-state index contributed by atoms with van der Waals surface area (Å²) >= 11 is 0. The minimum absolute atomic E-state index is 0.0679. The first-order valence-corrected chi connectivity index (χ1v) is 8.15. The quantitative estimate of drug-likeness (QED) is 0.677. The molecule has 0 unspecified atom stereocenters. The van der Waals surface area contributed by atoms with Gasteiger partial charge in [-0.1, -0.05) is 67.2 Å². The molecular weight excluding hydrogens is 267 g/mol. The number of aliphatic hydroxyl groups excluding tert-OH is 1. The second-order valence-electron chi connectivity index (χ2n) is 4.38. The third kappa shape index (κ3) is 2.69. The first-order chi connectivity index (χ1) is 9.73. The Bertz CT molecular complexity index is 612. The van der Waals surface area contributed by atoms with Crippen molar-refractivity contribution in [3.05, 3.63) is 78.3 Å². The highest BCUT2D eigenvalue weighted by Crippen LogP contribution is 2.52. The van der Waals surface area contributed by atoms with Crippen LogP contribution in [0.5, 0.6) is 0 Å². The second kappa shape index (κ2) is 6.54. The fourth-order valence-corrected chi connectivity index (χ4v) is 4.94. The number of benzene rings is 2. The summed E-state index contributed by atoms with van der Waals surface area (Å²) in [5.74, 6) is 0. The van der Waals surface area contributed by atoms with E-state index in [1.165, 1.54) is 0 Å². The van der Waals surface area contributed by atoms with Gasteiger partial charge in [0.25, 0.3) is 0 Å². The van der Waals surface area contributed by atoms with Crippen LogP contribution in [-0.2, 0) is 4.57 Å². The zero-order valence-corrected chi connectivity index (χ0v) is 12.1. The molecule has 0 fully saturated rings. The van der Waals surface area contributed by atoms with Crippen LogP contribution in [-0.4, -0.2) is 11.7 Å². The maximum absolute atomic E-state index is 13.7. The normalized spacial score (nSPS) is 10.8. The Kier molecular flexibility index (Phi) is 4.76. The van der Waals surface area contributed by atoms with Gasteiger partial charge >= 0.3 is 0 Å². The summed E-state index contributed by atoms with van der Waals surface area (Å²) in [6, 6.07) is 18.6. The van der Waals surface area contributed by atoms with Gasteiger partial charge in [-0.05, 0) is 0 Å². The van der Waals surface area contributed by atoms with Crippen LogP contribution in [0.1, 0.15) is 6.42 Å². The molecule has 2 nitrogen and oxygen atoms in total. The van der Waals surface area contributed by atoms with E-state index >= 15 is 0 Å². The van der Waals surface area contributed by atoms with Gasteiger partial charge in [0.05, 0.1) is 0 Å². The van der Waals surface area contributed by atoms with Crippen LogP contribution < -0.4 is 10.6 Å². The Morgan fingerprint density at radius 2 is 1.45 bits per heavy atom. The van der Waals surface area contributed by atoms with Crippen molar-refractivity contribution in [2.45, 2.75) is 6.42 Å². The van der Waals surface area contributed by atoms with E-state index in [1.54, 1.807) is 0 Å². The number of aliphatic hydroxyl groups is 1. The lowest BCUT2D eigenvalue weighted by Crippen LogP contribution is -2.17. The molecule has 3 heteroatoms. The van der Waals surface area contributed by atoms with Gasteiger partial charge in [0.15, 0.2) is 7.14 Å². The van der Waals surface area contributed by atoms with Gasteiger partial charge in [-0.3, -0.25) is 0 Å². The molecule has 0 aromatic heterocycles. The third-order valence-electron chi connectivity index (χ3n) is 3.17. The Morgan fingerprint density at radius 1 is 1.00 bits per heavy atom. The van der Waals surface area contributed by atoms with E-state index in [0.717, 1.165) is 10.6 Å². The number of hydrogen-bond donors (Lipinski definition) is 1. The van der Waals surface area contributed by atoms with E-state index in [2.05, 4.69) is 12.3 Å². The lowest BCUT2D eigenvalue weighted by molar-refractivity contribution is 0.301. The molecule has 0 atom stereocenters. The summed E-state index contributed by atoms with van der Waals surface area (Å²) in [4.78, 5) is 0. The molecule has 0 aliphatic heterocycles. The molecule has 0 saturated heterocycles. The minimum Gasteiger partial charge on any atom is -0.396 e. The van der Waals surface area contributed by atoms with Crippen LogP contribution in [0.4, 0.5) is 0 Å². The van der Waals surface area contributed by atoms with Crippen molar-refractivity contribution in [1.29, 1.82) is 0 Å². The van der Waals surface area contributed by atoms with E-state index in [-0.39, 0.29) is 6.61 Å². The highest BCUT2D eigenvalue weighted by atomic mass is 31.2. The van der Waals surface area contributed by atoms with Crippen molar-refractivity contribution in [2.75, 3.05) is 6.61 Å². The van der Waals surface area contributed by atoms with Gasteiger partial charge in [0.1, 0.15) is 0 Å². The van der Waals surface area contributed by atoms with Gasteiger partial charge in [-0.25, -0.2) is 0 Å². The largest absolute Gasteiger partial charge is 0.396 e. The molecule has 0 amide bonds. The van der Waals surface area contributed by atoms with Crippen LogP contribution >= 0.6 is 7.14 Å². The molecule has 0 bridgehead atoms. The Balaban J connectivity index is 2.68. The average Bonchev–Trinajstić information content (AvgIpc) is 2.53. The molecule has 0 saturated carbocycles. The fourth-order valence-electron chi connectivity index (χ4n) is 2.20. The first kappa shape index (κ1) is 14.6. The van der Waals surface area contributed by atoms with E-state index in [4.69, 9.17) is 0 Å². The van der Waals surface area contributed by atoms with Crippen molar-refractivity contribution in [2.24, 2.45) is 0 Å². The van der Waals surface area contributed by atoms with Crippen LogP contribution in [0, 0.1) is 0 Å². The molecule has 2 aromatic carbocycles. The van der Waals surface area contributed by atoms with Gasteiger partial charge < -0.3 is 9.67 Å². The zero-order chi connectivity index (χ0) is 14.4. The summed E-state index contributed by atoms with van der Waals surface area (Å²) in [6.07, 6.45) is 0.310. The lowest BCUT2D eigenvalue weighted by atomic mass is 10.4. The van der Waals surface area contributed by atoms with Crippen LogP contribution in [0.3, 0.4) is 0 Å². The number of hydrogen-bond acceptors (Lipinski definition) is 2. The molecule has 0 aliphatic rings. The molecule has 0 spiro atoms. The zero-order valence-electron chi connectivity index (χ0n) is 11.2. The maximum Gasteiger partial charge on any atom is 0.174 e. The topological polar surface area (TPSA) is 37.3 Å². The second-order valence-corrected chi connectivity index (χ2v) is 7.17. The smallest absolute Gasteiger partial charge is 0.174 e.